The number of carboxylic acids is 1. The van der Waals surface area contributed by atoms with Crippen LogP contribution in [0.1, 0.15) is 16.1 Å². The average Bonchev–Trinajstić information content (AvgIpc) is 3.30. The van der Waals surface area contributed by atoms with Crippen LogP contribution >= 0.6 is 0 Å². The van der Waals surface area contributed by atoms with Crippen LogP contribution in [0.2, 0.25) is 0 Å². The van der Waals surface area contributed by atoms with E-state index < -0.39 is 11.9 Å². The molecule has 4 rings (SSSR count). The third kappa shape index (κ3) is 2.70. The van der Waals surface area contributed by atoms with E-state index in [1.165, 1.54) is 0 Å². The van der Waals surface area contributed by atoms with Gasteiger partial charge in [-0.1, -0.05) is 0 Å². The lowest BCUT2D eigenvalue weighted by atomic mass is 9.93. The number of aromatic nitrogens is 1. The normalized spacial score (nSPS) is 25.2. The maximum Gasteiger partial charge on any atom is 0.309 e. The number of pyridine rings is 1. The molecule has 2 aliphatic rings. The summed E-state index contributed by atoms with van der Waals surface area (Å²) < 4.78 is 10.9. The van der Waals surface area contributed by atoms with Crippen LogP contribution in [0.25, 0.3) is 11.5 Å². The molecule has 0 aromatic carbocycles. The first-order chi connectivity index (χ1) is 12.0. The zero-order valence-electron chi connectivity index (χ0n) is 13.7. The number of likely N-dealkylation sites (tertiary alicyclic amines) is 1. The Morgan fingerprint density at radius 1 is 1.28 bits per heavy atom. The molecule has 1 N–H and O–H groups in total. The smallest absolute Gasteiger partial charge is 0.309 e. The number of nitrogens with zero attached hydrogens (tertiary/aromatic N) is 2. The molecule has 2 saturated heterocycles. The van der Waals surface area contributed by atoms with Gasteiger partial charge in [-0.3, -0.25) is 9.59 Å². The Hall–Kier alpha value is -2.67. The highest BCUT2D eigenvalue weighted by atomic mass is 16.5. The van der Waals surface area contributed by atoms with Crippen molar-refractivity contribution >= 4 is 11.9 Å². The highest BCUT2D eigenvalue weighted by Crippen LogP contribution is 2.34. The second-order valence-electron chi connectivity index (χ2n) is 6.50. The molecule has 2 aliphatic heterocycles. The molecule has 2 aromatic rings. The maximum atomic E-state index is 12.8. The van der Waals surface area contributed by atoms with Gasteiger partial charge in [-0.2, -0.15) is 0 Å². The van der Waals surface area contributed by atoms with E-state index in [0.29, 0.717) is 35.8 Å². The van der Waals surface area contributed by atoms with Crippen LogP contribution in [0.4, 0.5) is 0 Å². The lowest BCUT2D eigenvalue weighted by molar-refractivity contribution is -0.142. The molecule has 1 amide bonds. The fourth-order valence-corrected chi connectivity index (χ4v) is 3.65. The summed E-state index contributed by atoms with van der Waals surface area (Å²) in [6, 6.07) is 7.10. The zero-order chi connectivity index (χ0) is 17.6. The number of rotatable bonds is 3. The second kappa shape index (κ2) is 6.00. The van der Waals surface area contributed by atoms with Gasteiger partial charge < -0.3 is 19.2 Å². The van der Waals surface area contributed by atoms with Gasteiger partial charge in [0.2, 0.25) is 0 Å². The SMILES string of the molecule is Cc1nc(-c2ccco2)ccc1C(=O)N1C[C@@H]2[C@H](C1)OC[C@@H]2C(=O)O. The number of carbonyl (C=O) groups is 2. The Labute approximate surface area is 144 Å². The van der Waals surface area contributed by atoms with Crippen molar-refractivity contribution in [2.24, 2.45) is 11.8 Å². The summed E-state index contributed by atoms with van der Waals surface area (Å²) in [6.07, 6.45) is 1.38. The highest BCUT2D eigenvalue weighted by molar-refractivity contribution is 5.95. The van der Waals surface area contributed by atoms with Gasteiger partial charge in [0.1, 0.15) is 5.69 Å². The van der Waals surface area contributed by atoms with Crippen molar-refractivity contribution in [1.82, 2.24) is 9.88 Å². The molecule has 130 valence electrons. The first-order valence-electron chi connectivity index (χ1n) is 8.20. The van der Waals surface area contributed by atoms with Crippen molar-refractivity contribution < 1.29 is 23.8 Å². The predicted octanol–water partition coefficient (Wildman–Crippen LogP) is 1.82. The Kier molecular flexibility index (Phi) is 3.80. The summed E-state index contributed by atoms with van der Waals surface area (Å²) in [5, 5.41) is 9.27. The van der Waals surface area contributed by atoms with Gasteiger partial charge in [-0.05, 0) is 31.2 Å². The Bertz CT molecular complexity index is 817. The predicted molar refractivity (Wildman–Crippen MR) is 86.9 cm³/mol. The third-order valence-corrected chi connectivity index (χ3v) is 5.01. The number of aryl methyl sites for hydroxylation is 1. The second-order valence-corrected chi connectivity index (χ2v) is 6.50. The molecule has 0 spiro atoms. The molecular formula is C18H18N2O5. The van der Waals surface area contributed by atoms with Crippen LogP contribution in [-0.4, -0.2) is 52.7 Å². The minimum Gasteiger partial charge on any atom is -0.481 e. The van der Waals surface area contributed by atoms with Crippen LogP contribution < -0.4 is 0 Å². The van der Waals surface area contributed by atoms with Crippen molar-refractivity contribution in [2.75, 3.05) is 19.7 Å². The average molecular weight is 342 g/mol. The summed E-state index contributed by atoms with van der Waals surface area (Å²) >= 11 is 0. The number of furan rings is 1. The van der Waals surface area contributed by atoms with Crippen LogP contribution in [0.3, 0.4) is 0 Å². The topological polar surface area (TPSA) is 92.9 Å². The molecule has 0 aliphatic carbocycles. The molecular weight excluding hydrogens is 324 g/mol. The summed E-state index contributed by atoms with van der Waals surface area (Å²) in [5.74, 6) is -1.03. The van der Waals surface area contributed by atoms with E-state index in [1.807, 2.05) is 6.07 Å². The summed E-state index contributed by atoms with van der Waals surface area (Å²) in [7, 11) is 0. The van der Waals surface area contributed by atoms with Gasteiger partial charge in [0.25, 0.3) is 5.91 Å². The molecule has 3 atom stereocenters. The van der Waals surface area contributed by atoms with Crippen LogP contribution in [0.15, 0.2) is 34.9 Å². The van der Waals surface area contributed by atoms with Crippen molar-refractivity contribution in [3.05, 3.63) is 41.8 Å². The number of fused-ring (bicyclic) bond motifs is 1. The Morgan fingerprint density at radius 2 is 2.12 bits per heavy atom. The van der Waals surface area contributed by atoms with Crippen molar-refractivity contribution in [1.29, 1.82) is 0 Å². The molecule has 2 aromatic heterocycles. The quantitative estimate of drug-likeness (QED) is 0.915. The number of carbonyl (C=O) groups excluding carboxylic acids is 1. The molecule has 4 heterocycles. The van der Waals surface area contributed by atoms with E-state index in [0.717, 1.165) is 0 Å². The van der Waals surface area contributed by atoms with Crippen molar-refractivity contribution in [3.8, 4) is 11.5 Å². The van der Waals surface area contributed by atoms with Gasteiger partial charge in [0, 0.05) is 19.0 Å². The number of ether oxygens (including phenoxy) is 1. The van der Waals surface area contributed by atoms with E-state index in [2.05, 4.69) is 4.98 Å². The molecule has 0 saturated carbocycles. The molecule has 0 unspecified atom stereocenters. The fraction of sp³-hybridized carbons (Fsp3) is 0.389. The van der Waals surface area contributed by atoms with Crippen molar-refractivity contribution in [3.63, 3.8) is 0 Å². The molecule has 25 heavy (non-hydrogen) atoms. The molecule has 0 bridgehead atoms. The third-order valence-electron chi connectivity index (χ3n) is 5.01. The lowest BCUT2D eigenvalue weighted by Crippen LogP contribution is -2.33. The minimum absolute atomic E-state index is 0.141. The minimum atomic E-state index is -0.859. The van der Waals surface area contributed by atoms with Gasteiger partial charge in [-0.25, -0.2) is 4.98 Å². The van der Waals surface area contributed by atoms with E-state index in [1.54, 1.807) is 36.3 Å². The summed E-state index contributed by atoms with van der Waals surface area (Å²) in [4.78, 5) is 30.2. The summed E-state index contributed by atoms with van der Waals surface area (Å²) in [5.41, 5.74) is 1.81. The standard InChI is InChI=1S/C18H18N2O5/c1-10-11(4-5-14(19-10)15-3-2-6-24-15)17(21)20-7-12-13(18(22)23)9-25-16(12)8-20/h2-6,12-13,16H,7-9H2,1H3,(H,22,23)/t12-,13-,16-/m0/s1. The van der Waals surface area contributed by atoms with Gasteiger partial charge in [0.15, 0.2) is 5.76 Å². The number of hydrogen-bond acceptors (Lipinski definition) is 5. The number of aliphatic carboxylic acids is 1. The number of hydrogen-bond donors (Lipinski definition) is 1. The first kappa shape index (κ1) is 15.8. The Morgan fingerprint density at radius 3 is 2.80 bits per heavy atom. The van der Waals surface area contributed by atoms with E-state index in [9.17, 15) is 14.7 Å². The zero-order valence-corrected chi connectivity index (χ0v) is 13.7. The van der Waals surface area contributed by atoms with Crippen LogP contribution in [-0.2, 0) is 9.53 Å². The maximum absolute atomic E-state index is 12.8. The van der Waals surface area contributed by atoms with Gasteiger partial charge in [0.05, 0.1) is 36.1 Å². The number of amides is 1. The highest BCUT2D eigenvalue weighted by Gasteiger charge is 2.48. The van der Waals surface area contributed by atoms with Gasteiger partial charge >= 0.3 is 5.97 Å². The van der Waals surface area contributed by atoms with E-state index in [-0.39, 0.29) is 24.5 Å². The molecule has 2 fully saturated rings. The monoisotopic (exact) mass is 342 g/mol. The molecule has 7 nitrogen and oxygen atoms in total. The largest absolute Gasteiger partial charge is 0.481 e. The van der Waals surface area contributed by atoms with Crippen LogP contribution in [0.5, 0.6) is 0 Å². The fourth-order valence-electron chi connectivity index (χ4n) is 3.65. The van der Waals surface area contributed by atoms with Crippen molar-refractivity contribution in [2.45, 2.75) is 13.0 Å². The van der Waals surface area contributed by atoms with E-state index in [4.69, 9.17) is 9.15 Å². The Balaban J connectivity index is 1.53. The van der Waals surface area contributed by atoms with Gasteiger partial charge in [-0.15, -0.1) is 0 Å². The first-order valence-corrected chi connectivity index (χ1v) is 8.20. The number of carboxylic acid groups (broad SMARTS) is 1. The van der Waals surface area contributed by atoms with Crippen LogP contribution in [0, 0.1) is 18.8 Å². The summed E-state index contributed by atoms with van der Waals surface area (Å²) in [6.45, 7) is 2.84. The van der Waals surface area contributed by atoms with E-state index >= 15 is 0 Å². The lowest BCUT2D eigenvalue weighted by Gasteiger charge is -2.19. The molecule has 7 heteroatoms. The molecule has 0 radical (unpaired) electrons.